The highest BCUT2D eigenvalue weighted by molar-refractivity contribution is 7.83. The molecule has 0 nitrogen and oxygen atoms in total. The van der Waals surface area contributed by atoms with Gasteiger partial charge in [-0.05, 0) is 11.3 Å². The molecule has 0 saturated heterocycles. The van der Waals surface area contributed by atoms with Crippen LogP contribution in [0.1, 0.15) is 13.8 Å². The summed E-state index contributed by atoms with van der Waals surface area (Å²) in [6, 6.07) is 0. The number of hydrogen-bond acceptors (Lipinski definition) is 1. The summed E-state index contributed by atoms with van der Waals surface area (Å²) < 4.78 is 0. The monoisotopic (exact) mass is 136 g/mol. The minimum atomic E-state index is 0.416. The molecule has 0 aliphatic heterocycles. The molecule has 7 heavy (non-hydrogen) atoms. The molecular weight excluding hydrogens is 128 g/mol. The quantitative estimate of drug-likeness (QED) is 0.527. The Labute approximate surface area is 55.0 Å². The van der Waals surface area contributed by atoms with Crippen LogP contribution < -0.4 is 0 Å². The van der Waals surface area contributed by atoms with E-state index in [9.17, 15) is 0 Å². The van der Waals surface area contributed by atoms with Crippen LogP contribution in [0.2, 0.25) is 0 Å². The van der Waals surface area contributed by atoms with Crippen LogP contribution >= 0.6 is 24.2 Å². The van der Waals surface area contributed by atoms with E-state index < -0.39 is 0 Å². The molecule has 2 heteroatoms. The molecule has 0 aliphatic carbocycles. The zero-order valence-electron chi connectivity index (χ0n) is 4.48. The lowest BCUT2D eigenvalue weighted by Crippen LogP contribution is -1.82. The van der Waals surface area contributed by atoms with E-state index in [1.165, 1.54) is 0 Å². The van der Waals surface area contributed by atoms with Crippen LogP contribution in [0.3, 0.4) is 0 Å². The second kappa shape index (κ2) is 3.39. The molecule has 42 valence electrons. The highest BCUT2D eigenvalue weighted by Gasteiger charge is 1.93. The van der Waals surface area contributed by atoms with Gasteiger partial charge < -0.3 is 0 Å². The molecule has 0 bridgehead atoms. The van der Waals surface area contributed by atoms with Gasteiger partial charge in [0.2, 0.25) is 0 Å². The van der Waals surface area contributed by atoms with Crippen molar-refractivity contribution in [3.8, 4) is 0 Å². The smallest absolute Gasteiger partial charge is 0.0266 e. The van der Waals surface area contributed by atoms with E-state index in [0.717, 1.165) is 5.03 Å². The first-order valence-electron chi connectivity index (χ1n) is 2.18. The molecule has 0 spiro atoms. The number of thiol groups is 1. The zero-order chi connectivity index (χ0) is 5.86. The first-order chi connectivity index (χ1) is 3.18. The van der Waals surface area contributed by atoms with Crippen molar-refractivity contribution >= 4 is 24.2 Å². The number of rotatable bonds is 1. The molecule has 0 rings (SSSR count). The molecule has 0 aliphatic rings. The fourth-order valence-electron chi connectivity index (χ4n) is 0.149. The van der Waals surface area contributed by atoms with Crippen molar-refractivity contribution < 1.29 is 0 Å². The zero-order valence-corrected chi connectivity index (χ0v) is 6.13. The van der Waals surface area contributed by atoms with Crippen LogP contribution in [0.25, 0.3) is 0 Å². The lowest BCUT2D eigenvalue weighted by atomic mass is 10.2. The highest BCUT2D eigenvalue weighted by atomic mass is 35.5. The Morgan fingerprint density at radius 1 is 1.71 bits per heavy atom. The Hall–Kier alpha value is 0.380. The SMILES string of the molecule is CC(C)/C(Cl)=C/S. The van der Waals surface area contributed by atoms with Crippen molar-refractivity contribution in [1.29, 1.82) is 0 Å². The van der Waals surface area contributed by atoms with E-state index in [2.05, 4.69) is 12.6 Å². The average molecular weight is 137 g/mol. The Balaban J connectivity index is 3.56. The number of allylic oxidation sites excluding steroid dienone is 1. The minimum Gasteiger partial charge on any atom is -0.150 e. The van der Waals surface area contributed by atoms with E-state index in [-0.39, 0.29) is 0 Å². The predicted molar refractivity (Wildman–Crippen MR) is 37.8 cm³/mol. The van der Waals surface area contributed by atoms with Crippen molar-refractivity contribution in [2.45, 2.75) is 13.8 Å². The second-order valence-electron chi connectivity index (χ2n) is 1.67. The molecule has 0 radical (unpaired) electrons. The van der Waals surface area contributed by atoms with Crippen LogP contribution in [-0.4, -0.2) is 0 Å². The summed E-state index contributed by atoms with van der Waals surface area (Å²) in [6.45, 7) is 4.05. The summed E-state index contributed by atoms with van der Waals surface area (Å²) in [5.74, 6) is 0.416. The first kappa shape index (κ1) is 7.38. The van der Waals surface area contributed by atoms with Gasteiger partial charge in [0.15, 0.2) is 0 Å². The predicted octanol–water partition coefficient (Wildman–Crippen LogP) is 2.65. The third-order valence-electron chi connectivity index (χ3n) is 0.675. The average Bonchev–Trinajstić information content (AvgIpc) is 1.65. The fourth-order valence-corrected chi connectivity index (χ4v) is 0.447. The van der Waals surface area contributed by atoms with Crippen LogP contribution in [0, 0.1) is 5.92 Å². The molecule has 0 amide bonds. The van der Waals surface area contributed by atoms with Crippen molar-refractivity contribution in [2.75, 3.05) is 0 Å². The third kappa shape index (κ3) is 3.01. The van der Waals surface area contributed by atoms with Gasteiger partial charge in [-0.25, -0.2) is 0 Å². The van der Waals surface area contributed by atoms with Crippen LogP contribution in [0.5, 0.6) is 0 Å². The Bertz CT molecular complexity index is 76.1. The van der Waals surface area contributed by atoms with Crippen LogP contribution in [-0.2, 0) is 0 Å². The van der Waals surface area contributed by atoms with Gasteiger partial charge in [0.25, 0.3) is 0 Å². The lowest BCUT2D eigenvalue weighted by molar-refractivity contribution is 0.815. The molecule has 0 heterocycles. The Kier molecular flexibility index (Phi) is 3.57. The molecule has 0 N–H and O–H groups in total. The number of hydrogen-bond donors (Lipinski definition) is 1. The van der Waals surface area contributed by atoms with Gasteiger partial charge >= 0.3 is 0 Å². The molecule has 0 aromatic rings. The topological polar surface area (TPSA) is 0 Å². The molecule has 0 atom stereocenters. The third-order valence-corrected chi connectivity index (χ3v) is 1.65. The Morgan fingerprint density at radius 2 is 2.14 bits per heavy atom. The maximum Gasteiger partial charge on any atom is 0.0266 e. The second-order valence-corrected chi connectivity index (χ2v) is 2.36. The largest absolute Gasteiger partial charge is 0.150 e. The van der Waals surface area contributed by atoms with Gasteiger partial charge in [-0.2, -0.15) is 12.6 Å². The summed E-state index contributed by atoms with van der Waals surface area (Å²) in [6.07, 6.45) is 0. The molecule has 0 unspecified atom stereocenters. The van der Waals surface area contributed by atoms with Crippen LogP contribution in [0.4, 0.5) is 0 Å². The van der Waals surface area contributed by atoms with Crippen molar-refractivity contribution in [2.24, 2.45) is 5.92 Å². The van der Waals surface area contributed by atoms with Gasteiger partial charge in [0, 0.05) is 5.03 Å². The normalized spacial score (nSPS) is 13.0. The van der Waals surface area contributed by atoms with Gasteiger partial charge in [-0.1, -0.05) is 25.4 Å². The minimum absolute atomic E-state index is 0.416. The van der Waals surface area contributed by atoms with Gasteiger partial charge in [-0.3, -0.25) is 0 Å². The summed E-state index contributed by atoms with van der Waals surface area (Å²) in [5.41, 5.74) is 0. The molecule has 0 saturated carbocycles. The van der Waals surface area contributed by atoms with E-state index in [1.54, 1.807) is 5.41 Å². The summed E-state index contributed by atoms with van der Waals surface area (Å²) in [7, 11) is 0. The molecule has 0 aromatic heterocycles. The lowest BCUT2D eigenvalue weighted by Gasteiger charge is -1.96. The van der Waals surface area contributed by atoms with Crippen molar-refractivity contribution in [1.82, 2.24) is 0 Å². The van der Waals surface area contributed by atoms with Crippen molar-refractivity contribution in [3.63, 3.8) is 0 Å². The van der Waals surface area contributed by atoms with E-state index in [4.69, 9.17) is 11.6 Å². The molecule has 0 fully saturated rings. The summed E-state index contributed by atoms with van der Waals surface area (Å²) >= 11 is 9.45. The highest BCUT2D eigenvalue weighted by Crippen LogP contribution is 2.13. The van der Waals surface area contributed by atoms with Crippen molar-refractivity contribution in [3.05, 3.63) is 10.4 Å². The summed E-state index contributed by atoms with van der Waals surface area (Å²) in [4.78, 5) is 0. The van der Waals surface area contributed by atoms with E-state index in [1.807, 2.05) is 13.8 Å². The van der Waals surface area contributed by atoms with Gasteiger partial charge in [-0.15, -0.1) is 0 Å². The van der Waals surface area contributed by atoms with Crippen LogP contribution in [0.15, 0.2) is 10.4 Å². The maximum atomic E-state index is 5.58. The summed E-state index contributed by atoms with van der Waals surface area (Å²) in [5, 5.41) is 2.43. The van der Waals surface area contributed by atoms with E-state index in [0.29, 0.717) is 5.92 Å². The van der Waals surface area contributed by atoms with Gasteiger partial charge in [0.1, 0.15) is 0 Å². The fraction of sp³-hybridized carbons (Fsp3) is 0.600. The Morgan fingerprint density at radius 3 is 2.14 bits per heavy atom. The molecule has 0 aromatic carbocycles. The maximum absolute atomic E-state index is 5.58. The molecular formula is C5H9ClS. The standard InChI is InChI=1S/C5H9ClS/c1-4(2)5(6)3-7/h3-4,7H,1-2H3/b5-3-. The van der Waals surface area contributed by atoms with E-state index >= 15 is 0 Å². The van der Waals surface area contributed by atoms with Gasteiger partial charge in [0.05, 0.1) is 0 Å². The number of halogens is 1. The first-order valence-corrected chi connectivity index (χ1v) is 3.07.